The Kier molecular flexibility index (Phi) is 8.06. The van der Waals surface area contributed by atoms with E-state index < -0.39 is 0 Å². The van der Waals surface area contributed by atoms with Crippen LogP contribution in [0.3, 0.4) is 0 Å². The van der Waals surface area contributed by atoms with Crippen molar-refractivity contribution in [3.63, 3.8) is 0 Å². The summed E-state index contributed by atoms with van der Waals surface area (Å²) >= 11 is 2.05. The van der Waals surface area contributed by atoms with Crippen LogP contribution in [-0.2, 0) is 10.2 Å². The van der Waals surface area contributed by atoms with Crippen LogP contribution in [-0.4, -0.2) is 67.5 Å². The number of fused-ring (bicyclic) bond motifs is 1. The molecule has 168 valence electrons. The van der Waals surface area contributed by atoms with Crippen molar-refractivity contribution in [1.29, 1.82) is 0 Å². The summed E-state index contributed by atoms with van der Waals surface area (Å²) in [5, 5.41) is 3.53. The highest BCUT2D eigenvalue weighted by Crippen LogP contribution is 2.41. The summed E-state index contributed by atoms with van der Waals surface area (Å²) < 4.78 is 17.1. The summed E-state index contributed by atoms with van der Waals surface area (Å²) in [6, 6.07) is 6.37. The van der Waals surface area contributed by atoms with Gasteiger partial charge in [-0.3, -0.25) is 4.99 Å². The van der Waals surface area contributed by atoms with Crippen molar-refractivity contribution in [2.45, 2.75) is 43.8 Å². The lowest BCUT2D eigenvalue weighted by Crippen LogP contribution is -2.51. The first-order valence-corrected chi connectivity index (χ1v) is 11.7. The molecule has 3 aliphatic heterocycles. The summed E-state index contributed by atoms with van der Waals surface area (Å²) in [6.45, 7) is 12.3. The molecule has 0 amide bonds. The third-order valence-corrected chi connectivity index (χ3v) is 7.32. The Hall–Kier alpha value is -0.870. The van der Waals surface area contributed by atoms with Gasteiger partial charge in [-0.05, 0) is 51.3 Å². The van der Waals surface area contributed by atoms with Crippen LogP contribution < -0.4 is 14.8 Å². The first kappa shape index (κ1) is 23.8. The number of hydrogen-bond donors (Lipinski definition) is 1. The van der Waals surface area contributed by atoms with Gasteiger partial charge in [-0.15, -0.1) is 24.0 Å². The van der Waals surface area contributed by atoms with E-state index in [-0.39, 0.29) is 34.1 Å². The molecule has 3 heterocycles. The average molecular weight is 548 g/mol. The second-order valence-corrected chi connectivity index (χ2v) is 10.5. The maximum atomic E-state index is 5.70. The van der Waals surface area contributed by atoms with E-state index in [9.17, 15) is 0 Å². The third-order valence-electron chi connectivity index (χ3n) is 6.03. The lowest BCUT2D eigenvalue weighted by Gasteiger charge is -2.40. The first-order chi connectivity index (χ1) is 14.0. The smallest absolute Gasteiger partial charge is 0.231 e. The van der Waals surface area contributed by atoms with E-state index in [1.54, 1.807) is 0 Å². The van der Waals surface area contributed by atoms with Crippen LogP contribution in [0.15, 0.2) is 23.2 Å². The van der Waals surface area contributed by atoms with Gasteiger partial charge in [0.15, 0.2) is 17.5 Å². The molecule has 2 saturated heterocycles. The van der Waals surface area contributed by atoms with E-state index >= 15 is 0 Å². The Morgan fingerprint density at radius 1 is 1.20 bits per heavy atom. The molecule has 4 rings (SSSR count). The molecule has 6 nitrogen and oxygen atoms in total. The van der Waals surface area contributed by atoms with Crippen molar-refractivity contribution in [2.75, 3.05) is 51.9 Å². The van der Waals surface area contributed by atoms with Crippen LogP contribution in [0.4, 0.5) is 0 Å². The molecular formula is C22H34IN3O3S. The zero-order chi connectivity index (χ0) is 20.3. The molecule has 1 aromatic carbocycles. The first-order valence-electron chi connectivity index (χ1n) is 10.7. The largest absolute Gasteiger partial charge is 0.454 e. The van der Waals surface area contributed by atoms with E-state index in [2.05, 4.69) is 43.1 Å². The number of nitrogens with zero attached hydrogens (tertiary/aromatic N) is 2. The number of thioether (sulfide) groups is 1. The highest BCUT2D eigenvalue weighted by molar-refractivity contribution is 14.0. The summed E-state index contributed by atoms with van der Waals surface area (Å²) in [5.74, 6) is 3.85. The van der Waals surface area contributed by atoms with Crippen LogP contribution >= 0.6 is 35.7 Å². The van der Waals surface area contributed by atoms with Crippen molar-refractivity contribution < 1.29 is 14.2 Å². The number of guanidine groups is 1. The third kappa shape index (κ3) is 5.30. The molecule has 0 aliphatic carbocycles. The van der Waals surface area contributed by atoms with Gasteiger partial charge in [0.25, 0.3) is 0 Å². The van der Waals surface area contributed by atoms with Crippen LogP contribution in [0, 0.1) is 0 Å². The van der Waals surface area contributed by atoms with Crippen molar-refractivity contribution >= 4 is 41.7 Å². The van der Waals surface area contributed by atoms with Gasteiger partial charge >= 0.3 is 0 Å². The van der Waals surface area contributed by atoms with E-state index in [1.807, 2.05) is 17.8 Å². The van der Waals surface area contributed by atoms with Gasteiger partial charge in [0.1, 0.15) is 0 Å². The molecule has 1 aromatic rings. The predicted octanol–water partition coefficient (Wildman–Crippen LogP) is 3.87. The Bertz CT molecular complexity index is 753. The SMILES string of the molecule is CCNC(=NCC1(c2ccc3c(c2)OCO3)CCOCC1)N1CCSC(C)(C)C1.I. The highest BCUT2D eigenvalue weighted by Gasteiger charge is 2.36. The Balaban J connectivity index is 0.00000256. The van der Waals surface area contributed by atoms with E-state index in [0.717, 1.165) is 75.4 Å². The molecule has 1 N–H and O–H groups in total. The maximum absolute atomic E-state index is 5.70. The highest BCUT2D eigenvalue weighted by atomic mass is 127. The summed E-state index contributed by atoms with van der Waals surface area (Å²) in [7, 11) is 0. The number of ether oxygens (including phenoxy) is 3. The van der Waals surface area contributed by atoms with Crippen molar-refractivity contribution in [3.05, 3.63) is 23.8 Å². The summed E-state index contributed by atoms with van der Waals surface area (Å²) in [4.78, 5) is 7.59. The Morgan fingerprint density at radius 3 is 2.70 bits per heavy atom. The van der Waals surface area contributed by atoms with Gasteiger partial charge < -0.3 is 24.4 Å². The van der Waals surface area contributed by atoms with Crippen LogP contribution in [0.1, 0.15) is 39.2 Å². The maximum Gasteiger partial charge on any atom is 0.231 e. The van der Waals surface area contributed by atoms with Gasteiger partial charge in [0.05, 0.1) is 6.54 Å². The van der Waals surface area contributed by atoms with Crippen molar-refractivity contribution in [3.8, 4) is 11.5 Å². The molecule has 30 heavy (non-hydrogen) atoms. The zero-order valence-corrected chi connectivity index (χ0v) is 21.4. The minimum atomic E-state index is -0.0278. The Labute approximate surface area is 201 Å². The summed E-state index contributed by atoms with van der Waals surface area (Å²) in [6.07, 6.45) is 1.94. The topological polar surface area (TPSA) is 55.3 Å². The number of benzene rings is 1. The molecular weight excluding hydrogens is 513 g/mol. The van der Waals surface area contributed by atoms with E-state index in [0.29, 0.717) is 6.79 Å². The van der Waals surface area contributed by atoms with Gasteiger partial charge in [0, 0.05) is 48.8 Å². The standard InChI is InChI=1S/C22H33N3O3S.HI/c1-4-23-20(25-9-12-29-21(2,3)15-25)24-14-22(7-10-26-11-8-22)17-5-6-18-19(13-17)28-16-27-18;/h5-6,13H,4,7-12,14-16H2,1-3H3,(H,23,24);1H. The molecule has 0 bridgehead atoms. The molecule has 3 aliphatic rings. The second kappa shape index (κ2) is 10.2. The second-order valence-electron chi connectivity index (χ2n) is 8.66. The monoisotopic (exact) mass is 547 g/mol. The van der Waals surface area contributed by atoms with Crippen LogP contribution in [0.5, 0.6) is 11.5 Å². The van der Waals surface area contributed by atoms with Crippen molar-refractivity contribution in [2.24, 2.45) is 4.99 Å². The zero-order valence-electron chi connectivity index (χ0n) is 18.2. The lowest BCUT2D eigenvalue weighted by molar-refractivity contribution is 0.0529. The fourth-order valence-corrected chi connectivity index (χ4v) is 5.49. The fourth-order valence-electron chi connectivity index (χ4n) is 4.38. The minimum absolute atomic E-state index is 0. The predicted molar refractivity (Wildman–Crippen MR) is 134 cm³/mol. The molecule has 0 atom stereocenters. The minimum Gasteiger partial charge on any atom is -0.454 e. The number of aliphatic imine (C=N–C) groups is 1. The lowest BCUT2D eigenvalue weighted by atomic mass is 9.74. The van der Waals surface area contributed by atoms with Gasteiger partial charge in [-0.1, -0.05) is 6.07 Å². The molecule has 0 radical (unpaired) electrons. The Morgan fingerprint density at radius 2 is 1.97 bits per heavy atom. The molecule has 0 unspecified atom stereocenters. The fraction of sp³-hybridized carbons (Fsp3) is 0.682. The average Bonchev–Trinajstić information content (AvgIpc) is 3.19. The number of hydrogen-bond acceptors (Lipinski definition) is 5. The molecule has 0 saturated carbocycles. The van der Waals surface area contributed by atoms with Crippen molar-refractivity contribution in [1.82, 2.24) is 10.2 Å². The van der Waals surface area contributed by atoms with E-state index in [1.165, 1.54) is 5.56 Å². The normalized spacial score (nSPS) is 22.4. The molecule has 2 fully saturated rings. The number of halogens is 1. The van der Waals surface area contributed by atoms with Gasteiger partial charge in [-0.25, -0.2) is 0 Å². The number of nitrogens with one attached hydrogen (secondary N) is 1. The summed E-state index contributed by atoms with van der Waals surface area (Å²) in [5.41, 5.74) is 1.25. The quantitative estimate of drug-likeness (QED) is 0.351. The molecule has 0 aromatic heterocycles. The molecule has 0 spiro atoms. The van der Waals surface area contributed by atoms with Crippen LogP contribution in [0.2, 0.25) is 0 Å². The van der Waals surface area contributed by atoms with Gasteiger partial charge in [0.2, 0.25) is 6.79 Å². The number of rotatable bonds is 4. The van der Waals surface area contributed by atoms with E-state index in [4.69, 9.17) is 19.2 Å². The molecule has 8 heteroatoms. The van der Waals surface area contributed by atoms with Gasteiger partial charge in [-0.2, -0.15) is 11.8 Å². The van der Waals surface area contributed by atoms with Crippen LogP contribution in [0.25, 0.3) is 0 Å².